The van der Waals surface area contributed by atoms with Gasteiger partial charge in [-0.15, -0.1) is 0 Å². The SMILES string of the molecule is CC(=O)c1c(F)cc(F)c([N+](=O)[O-])c1F. The molecule has 0 unspecified atom stereocenters. The highest BCUT2D eigenvalue weighted by atomic mass is 19.1. The molecule has 0 atom stereocenters. The number of nitrogens with zero attached hydrogens (tertiary/aromatic N) is 1. The van der Waals surface area contributed by atoms with Gasteiger partial charge in [-0.05, 0) is 6.92 Å². The molecule has 0 bridgehead atoms. The number of carbonyl (C=O) groups excluding carboxylic acids is 1. The predicted molar refractivity (Wildman–Crippen MR) is 43.0 cm³/mol. The molecular weight excluding hydrogens is 215 g/mol. The summed E-state index contributed by atoms with van der Waals surface area (Å²) in [5.41, 5.74) is -2.63. The maximum absolute atomic E-state index is 13.2. The first kappa shape index (κ1) is 11.2. The van der Waals surface area contributed by atoms with E-state index in [0.29, 0.717) is 0 Å². The third-order valence-electron chi connectivity index (χ3n) is 1.68. The number of halogens is 3. The third-order valence-corrected chi connectivity index (χ3v) is 1.68. The summed E-state index contributed by atoms with van der Waals surface area (Å²) < 4.78 is 38.8. The van der Waals surface area contributed by atoms with Crippen molar-refractivity contribution < 1.29 is 22.9 Å². The van der Waals surface area contributed by atoms with Gasteiger partial charge in [0.25, 0.3) is 0 Å². The molecule has 80 valence electrons. The molecular formula is C8H4F3NO3. The maximum atomic E-state index is 13.2. The molecule has 4 nitrogen and oxygen atoms in total. The lowest BCUT2D eigenvalue weighted by Crippen LogP contribution is -2.07. The molecule has 1 rings (SSSR count). The lowest BCUT2D eigenvalue weighted by atomic mass is 10.1. The summed E-state index contributed by atoms with van der Waals surface area (Å²) in [7, 11) is 0. The molecule has 0 radical (unpaired) electrons. The fraction of sp³-hybridized carbons (Fsp3) is 0.125. The molecule has 0 aliphatic rings. The molecule has 0 saturated carbocycles. The first-order valence-electron chi connectivity index (χ1n) is 3.69. The average molecular weight is 219 g/mol. The van der Waals surface area contributed by atoms with Crippen LogP contribution in [0.15, 0.2) is 6.07 Å². The van der Waals surface area contributed by atoms with E-state index in [2.05, 4.69) is 0 Å². The Morgan fingerprint density at radius 1 is 1.33 bits per heavy atom. The van der Waals surface area contributed by atoms with Crippen LogP contribution in [0.4, 0.5) is 18.9 Å². The standard InChI is InChI=1S/C8H4F3NO3/c1-3(13)6-4(9)2-5(10)8(7(6)11)12(14)15/h2H,1H3. The van der Waals surface area contributed by atoms with Crippen LogP contribution in [0.5, 0.6) is 0 Å². The van der Waals surface area contributed by atoms with Crippen LogP contribution in [0.25, 0.3) is 0 Å². The van der Waals surface area contributed by atoms with Gasteiger partial charge in [-0.25, -0.2) is 4.39 Å². The molecule has 0 N–H and O–H groups in total. The van der Waals surface area contributed by atoms with Gasteiger partial charge in [-0.3, -0.25) is 14.9 Å². The molecule has 0 aliphatic heterocycles. The Kier molecular flexibility index (Phi) is 2.74. The minimum Gasteiger partial charge on any atom is -0.294 e. The van der Waals surface area contributed by atoms with Gasteiger partial charge in [0.05, 0.1) is 10.5 Å². The van der Waals surface area contributed by atoms with Crippen molar-refractivity contribution in [1.82, 2.24) is 0 Å². The summed E-state index contributed by atoms with van der Waals surface area (Å²) >= 11 is 0. The Hall–Kier alpha value is -1.92. The van der Waals surface area contributed by atoms with Gasteiger partial charge in [-0.2, -0.15) is 8.78 Å². The summed E-state index contributed by atoms with van der Waals surface area (Å²) in [5, 5.41) is 10.2. The Labute approximate surface area is 81.5 Å². The van der Waals surface area contributed by atoms with Gasteiger partial charge < -0.3 is 0 Å². The minimum atomic E-state index is -1.79. The Morgan fingerprint density at radius 2 is 1.87 bits per heavy atom. The Morgan fingerprint density at radius 3 is 2.27 bits per heavy atom. The molecule has 0 amide bonds. The molecule has 7 heteroatoms. The van der Waals surface area contributed by atoms with Crippen LogP contribution in [0.2, 0.25) is 0 Å². The Balaban J connectivity index is 3.64. The summed E-state index contributed by atoms with van der Waals surface area (Å²) in [6, 6.07) is 0.109. The van der Waals surface area contributed by atoms with E-state index in [4.69, 9.17) is 0 Å². The van der Waals surface area contributed by atoms with Crippen molar-refractivity contribution in [2.45, 2.75) is 6.92 Å². The van der Waals surface area contributed by atoms with E-state index < -0.39 is 39.4 Å². The van der Waals surface area contributed by atoms with Crippen LogP contribution < -0.4 is 0 Å². The van der Waals surface area contributed by atoms with Crippen LogP contribution in [0.3, 0.4) is 0 Å². The minimum absolute atomic E-state index is 0.109. The van der Waals surface area contributed by atoms with Crippen LogP contribution in [-0.2, 0) is 0 Å². The van der Waals surface area contributed by atoms with Crippen LogP contribution in [0.1, 0.15) is 17.3 Å². The van der Waals surface area contributed by atoms with Crippen molar-refractivity contribution in [2.75, 3.05) is 0 Å². The zero-order valence-electron chi connectivity index (χ0n) is 7.38. The van der Waals surface area contributed by atoms with Crippen molar-refractivity contribution in [1.29, 1.82) is 0 Å². The van der Waals surface area contributed by atoms with Gasteiger partial charge in [0, 0.05) is 6.07 Å². The number of nitro groups is 1. The molecule has 1 aromatic carbocycles. The second kappa shape index (κ2) is 3.68. The first-order chi connectivity index (χ1) is 6.86. The smallest absolute Gasteiger partial charge is 0.294 e. The zero-order valence-corrected chi connectivity index (χ0v) is 7.38. The highest BCUT2D eigenvalue weighted by molar-refractivity contribution is 5.95. The lowest BCUT2D eigenvalue weighted by molar-refractivity contribution is -0.390. The Bertz CT molecular complexity index is 421. The highest BCUT2D eigenvalue weighted by Gasteiger charge is 2.29. The van der Waals surface area contributed by atoms with Gasteiger partial charge in [-0.1, -0.05) is 0 Å². The normalized spacial score (nSPS) is 10.1. The molecule has 0 saturated heterocycles. The number of rotatable bonds is 2. The number of Topliss-reactive ketones (excluding diaryl/α,β-unsaturated/α-hetero) is 1. The lowest BCUT2D eigenvalue weighted by Gasteiger charge is -2.02. The molecule has 0 aliphatic carbocycles. The van der Waals surface area contributed by atoms with E-state index in [1.807, 2.05) is 0 Å². The summed E-state index contributed by atoms with van der Waals surface area (Å²) in [6.45, 7) is 0.823. The monoisotopic (exact) mass is 219 g/mol. The zero-order chi connectivity index (χ0) is 11.7. The molecule has 15 heavy (non-hydrogen) atoms. The molecule has 0 heterocycles. The number of hydrogen-bond donors (Lipinski definition) is 0. The van der Waals surface area contributed by atoms with Crippen LogP contribution in [0, 0.1) is 27.6 Å². The fourth-order valence-corrected chi connectivity index (χ4v) is 1.07. The van der Waals surface area contributed by atoms with Crippen molar-refractivity contribution in [2.24, 2.45) is 0 Å². The van der Waals surface area contributed by atoms with Crippen LogP contribution in [-0.4, -0.2) is 10.7 Å². The van der Waals surface area contributed by atoms with Crippen molar-refractivity contribution >= 4 is 11.5 Å². The van der Waals surface area contributed by atoms with E-state index in [9.17, 15) is 28.1 Å². The molecule has 0 fully saturated rings. The summed E-state index contributed by atoms with van der Waals surface area (Å²) in [6.07, 6.45) is 0. The van der Waals surface area contributed by atoms with E-state index in [1.54, 1.807) is 0 Å². The number of ketones is 1. The quantitative estimate of drug-likeness (QED) is 0.435. The van der Waals surface area contributed by atoms with Crippen LogP contribution >= 0.6 is 0 Å². The number of carbonyl (C=O) groups is 1. The maximum Gasteiger partial charge on any atom is 0.341 e. The molecule has 0 spiro atoms. The number of hydrogen-bond acceptors (Lipinski definition) is 3. The molecule has 0 aromatic heterocycles. The topological polar surface area (TPSA) is 60.2 Å². The van der Waals surface area contributed by atoms with Crippen molar-refractivity contribution in [3.05, 3.63) is 39.2 Å². The summed E-state index contributed by atoms with van der Waals surface area (Å²) in [4.78, 5) is 19.6. The van der Waals surface area contributed by atoms with E-state index in [-0.39, 0.29) is 6.07 Å². The third kappa shape index (κ3) is 1.80. The van der Waals surface area contributed by atoms with E-state index >= 15 is 0 Å². The van der Waals surface area contributed by atoms with E-state index in [1.165, 1.54) is 0 Å². The second-order valence-corrected chi connectivity index (χ2v) is 2.69. The predicted octanol–water partition coefficient (Wildman–Crippen LogP) is 2.21. The van der Waals surface area contributed by atoms with Gasteiger partial charge in [0.15, 0.2) is 5.78 Å². The van der Waals surface area contributed by atoms with Gasteiger partial charge in [0.2, 0.25) is 11.6 Å². The molecule has 1 aromatic rings. The van der Waals surface area contributed by atoms with Crippen molar-refractivity contribution in [3.63, 3.8) is 0 Å². The summed E-state index contributed by atoms with van der Waals surface area (Å²) in [5.74, 6) is -5.94. The van der Waals surface area contributed by atoms with Gasteiger partial charge >= 0.3 is 5.69 Å². The number of nitro benzene ring substituents is 1. The second-order valence-electron chi connectivity index (χ2n) is 2.69. The fourth-order valence-electron chi connectivity index (χ4n) is 1.07. The number of benzene rings is 1. The largest absolute Gasteiger partial charge is 0.341 e. The van der Waals surface area contributed by atoms with E-state index in [0.717, 1.165) is 6.92 Å². The van der Waals surface area contributed by atoms with Gasteiger partial charge in [0.1, 0.15) is 5.82 Å². The highest BCUT2D eigenvalue weighted by Crippen LogP contribution is 2.26. The van der Waals surface area contributed by atoms with Crippen molar-refractivity contribution in [3.8, 4) is 0 Å². The average Bonchev–Trinajstić information content (AvgIpc) is 1.99. The first-order valence-corrected chi connectivity index (χ1v) is 3.69.